The number of aryl methyl sites for hydroxylation is 1. The molecule has 4 aromatic rings. The van der Waals surface area contributed by atoms with E-state index in [-0.39, 0.29) is 13.0 Å². The van der Waals surface area contributed by atoms with Crippen molar-refractivity contribution in [3.63, 3.8) is 0 Å². The van der Waals surface area contributed by atoms with Gasteiger partial charge in [-0.05, 0) is 19.1 Å². The minimum atomic E-state index is -0.399. The van der Waals surface area contributed by atoms with E-state index >= 15 is 0 Å². The van der Waals surface area contributed by atoms with Crippen LogP contribution in [0.1, 0.15) is 17.0 Å². The van der Waals surface area contributed by atoms with Crippen molar-refractivity contribution in [2.24, 2.45) is 0 Å². The lowest BCUT2D eigenvalue weighted by molar-refractivity contribution is -0.144. The van der Waals surface area contributed by atoms with E-state index in [4.69, 9.17) is 13.8 Å². The maximum atomic E-state index is 12.1. The lowest BCUT2D eigenvalue weighted by atomic mass is 10.1. The fraction of sp³-hybridized carbons (Fsp3) is 0.150. The SMILES string of the molecule is Cc1ccc(-c2cc(COC(=O)Cc3noc4ccccc34)no2)cc1. The number of carbonyl (C=O) groups is 1. The van der Waals surface area contributed by atoms with Gasteiger partial charge in [0.2, 0.25) is 0 Å². The predicted octanol–water partition coefficient (Wildman–Crippen LogP) is 4.08. The van der Waals surface area contributed by atoms with Gasteiger partial charge in [-0.2, -0.15) is 0 Å². The number of ether oxygens (including phenoxy) is 1. The lowest BCUT2D eigenvalue weighted by Gasteiger charge is -2.00. The van der Waals surface area contributed by atoms with Crippen molar-refractivity contribution in [1.82, 2.24) is 10.3 Å². The maximum absolute atomic E-state index is 12.1. The van der Waals surface area contributed by atoms with Crippen LogP contribution in [0.2, 0.25) is 0 Å². The quantitative estimate of drug-likeness (QED) is 0.506. The minimum Gasteiger partial charge on any atom is -0.459 e. The van der Waals surface area contributed by atoms with Crippen molar-refractivity contribution < 1.29 is 18.6 Å². The average molecular weight is 348 g/mol. The third kappa shape index (κ3) is 3.35. The molecule has 0 saturated carbocycles. The second-order valence-corrected chi connectivity index (χ2v) is 6.01. The highest BCUT2D eigenvalue weighted by Gasteiger charge is 2.14. The van der Waals surface area contributed by atoms with Crippen molar-refractivity contribution in [2.45, 2.75) is 20.0 Å². The van der Waals surface area contributed by atoms with Crippen LogP contribution in [0.5, 0.6) is 0 Å². The van der Waals surface area contributed by atoms with Crippen molar-refractivity contribution in [2.75, 3.05) is 0 Å². The molecule has 0 aliphatic heterocycles. The van der Waals surface area contributed by atoms with Gasteiger partial charge >= 0.3 is 5.97 Å². The summed E-state index contributed by atoms with van der Waals surface area (Å²) in [4.78, 5) is 12.1. The number of para-hydroxylation sites is 1. The number of fused-ring (bicyclic) bond motifs is 1. The first-order valence-electron chi connectivity index (χ1n) is 8.20. The van der Waals surface area contributed by atoms with E-state index in [1.807, 2.05) is 49.4 Å². The summed E-state index contributed by atoms with van der Waals surface area (Å²) in [5, 5.41) is 8.69. The molecule has 0 aliphatic carbocycles. The van der Waals surface area contributed by atoms with Crippen LogP contribution in [0, 0.1) is 6.92 Å². The Kier molecular flexibility index (Phi) is 4.23. The normalized spacial score (nSPS) is 11.0. The summed E-state index contributed by atoms with van der Waals surface area (Å²) in [5.74, 6) is 0.238. The maximum Gasteiger partial charge on any atom is 0.312 e. The molecule has 6 heteroatoms. The number of aromatic nitrogens is 2. The first-order valence-corrected chi connectivity index (χ1v) is 8.20. The number of hydrogen-bond acceptors (Lipinski definition) is 6. The number of nitrogens with zero attached hydrogens (tertiary/aromatic N) is 2. The Balaban J connectivity index is 1.38. The molecule has 0 fully saturated rings. The standard InChI is InChI=1S/C20H16N2O4/c1-13-6-8-14(9-7-13)19-10-15(21-26-19)12-24-20(23)11-17-16-4-2-3-5-18(16)25-22-17/h2-10H,11-12H2,1H3. The zero-order valence-corrected chi connectivity index (χ0v) is 14.1. The van der Waals surface area contributed by atoms with Gasteiger partial charge in [0.15, 0.2) is 11.3 Å². The smallest absolute Gasteiger partial charge is 0.312 e. The molecule has 0 amide bonds. The van der Waals surface area contributed by atoms with Gasteiger partial charge in [0, 0.05) is 17.0 Å². The molecule has 0 radical (unpaired) electrons. The molecular formula is C20H16N2O4. The summed E-state index contributed by atoms with van der Waals surface area (Å²) in [6, 6.07) is 17.1. The Morgan fingerprint density at radius 3 is 2.69 bits per heavy atom. The van der Waals surface area contributed by atoms with Crippen LogP contribution >= 0.6 is 0 Å². The minimum absolute atomic E-state index is 0.0414. The highest BCUT2D eigenvalue weighted by atomic mass is 16.5. The molecule has 0 unspecified atom stereocenters. The van der Waals surface area contributed by atoms with E-state index in [0.29, 0.717) is 22.7 Å². The average Bonchev–Trinajstić information content (AvgIpc) is 3.28. The molecule has 2 aromatic carbocycles. The van der Waals surface area contributed by atoms with Crippen LogP contribution in [0.3, 0.4) is 0 Å². The van der Waals surface area contributed by atoms with E-state index in [2.05, 4.69) is 10.3 Å². The van der Waals surface area contributed by atoms with Gasteiger partial charge in [0.05, 0.1) is 6.42 Å². The first kappa shape index (κ1) is 16.1. The van der Waals surface area contributed by atoms with Crippen molar-refractivity contribution >= 4 is 16.9 Å². The lowest BCUT2D eigenvalue weighted by Crippen LogP contribution is -2.08. The van der Waals surface area contributed by atoms with Crippen LogP contribution in [0.15, 0.2) is 63.6 Å². The fourth-order valence-corrected chi connectivity index (χ4v) is 2.64. The molecule has 2 heterocycles. The topological polar surface area (TPSA) is 78.4 Å². The van der Waals surface area contributed by atoms with Gasteiger partial charge in [0.1, 0.15) is 18.0 Å². The van der Waals surface area contributed by atoms with Gasteiger partial charge in [-0.25, -0.2) is 0 Å². The molecule has 0 bridgehead atoms. The number of rotatable bonds is 5. The third-order valence-corrected chi connectivity index (χ3v) is 4.04. The molecule has 0 N–H and O–H groups in total. The van der Waals surface area contributed by atoms with Gasteiger partial charge in [0.25, 0.3) is 0 Å². The molecule has 0 atom stereocenters. The van der Waals surface area contributed by atoms with Crippen LogP contribution < -0.4 is 0 Å². The predicted molar refractivity (Wildman–Crippen MR) is 94.2 cm³/mol. The monoisotopic (exact) mass is 348 g/mol. The Hall–Kier alpha value is -3.41. The van der Waals surface area contributed by atoms with Crippen molar-refractivity contribution in [1.29, 1.82) is 0 Å². The zero-order valence-electron chi connectivity index (χ0n) is 14.1. The van der Waals surface area contributed by atoms with Crippen molar-refractivity contribution in [3.8, 4) is 11.3 Å². The highest BCUT2D eigenvalue weighted by Crippen LogP contribution is 2.21. The Morgan fingerprint density at radius 1 is 1.04 bits per heavy atom. The van der Waals surface area contributed by atoms with E-state index in [1.54, 1.807) is 12.1 Å². The van der Waals surface area contributed by atoms with E-state index in [0.717, 1.165) is 10.9 Å². The molecule has 0 saturated heterocycles. The third-order valence-electron chi connectivity index (χ3n) is 4.04. The molecule has 0 aliphatic rings. The highest BCUT2D eigenvalue weighted by molar-refractivity contribution is 5.84. The summed E-state index contributed by atoms with van der Waals surface area (Å²) >= 11 is 0. The zero-order chi connectivity index (χ0) is 17.9. The number of carbonyl (C=O) groups excluding carboxylic acids is 1. The van der Waals surface area contributed by atoms with Crippen LogP contribution in [-0.4, -0.2) is 16.3 Å². The second-order valence-electron chi connectivity index (χ2n) is 6.01. The summed E-state index contributed by atoms with van der Waals surface area (Å²) in [7, 11) is 0. The largest absolute Gasteiger partial charge is 0.459 e. The molecule has 2 aromatic heterocycles. The fourth-order valence-electron chi connectivity index (χ4n) is 2.64. The Labute approximate surface area is 149 Å². The van der Waals surface area contributed by atoms with E-state index in [1.165, 1.54) is 5.56 Å². The number of benzene rings is 2. The van der Waals surface area contributed by atoms with Gasteiger partial charge in [-0.1, -0.05) is 52.3 Å². The number of hydrogen-bond donors (Lipinski definition) is 0. The van der Waals surface area contributed by atoms with Crippen molar-refractivity contribution in [3.05, 3.63) is 71.5 Å². The Morgan fingerprint density at radius 2 is 1.85 bits per heavy atom. The summed E-state index contributed by atoms with van der Waals surface area (Å²) in [6.07, 6.45) is 0.0414. The van der Waals surface area contributed by atoms with Crippen LogP contribution in [0.25, 0.3) is 22.3 Å². The van der Waals surface area contributed by atoms with Gasteiger partial charge in [-0.3, -0.25) is 4.79 Å². The molecule has 6 nitrogen and oxygen atoms in total. The molecule has 130 valence electrons. The summed E-state index contributed by atoms with van der Waals surface area (Å²) in [6.45, 7) is 2.07. The molecular weight excluding hydrogens is 332 g/mol. The summed E-state index contributed by atoms with van der Waals surface area (Å²) < 4.78 is 15.8. The van der Waals surface area contributed by atoms with Gasteiger partial charge < -0.3 is 13.8 Å². The van der Waals surface area contributed by atoms with Gasteiger partial charge in [-0.15, -0.1) is 0 Å². The first-order chi connectivity index (χ1) is 12.7. The van der Waals surface area contributed by atoms with E-state index < -0.39 is 5.97 Å². The molecule has 26 heavy (non-hydrogen) atoms. The Bertz CT molecular complexity index is 1050. The summed E-state index contributed by atoms with van der Waals surface area (Å²) in [5.41, 5.74) is 3.86. The molecule has 4 rings (SSSR count). The van der Waals surface area contributed by atoms with E-state index in [9.17, 15) is 4.79 Å². The van der Waals surface area contributed by atoms with Crippen LogP contribution in [-0.2, 0) is 22.6 Å². The second kappa shape index (κ2) is 6.84. The van der Waals surface area contributed by atoms with Crippen LogP contribution in [0.4, 0.5) is 0 Å². The number of esters is 1. The molecule has 0 spiro atoms.